The lowest BCUT2D eigenvalue weighted by Gasteiger charge is -2.07. The molecule has 3 aromatic rings. The van der Waals surface area contributed by atoms with Gasteiger partial charge in [-0.2, -0.15) is 0 Å². The first kappa shape index (κ1) is 15.8. The number of para-hydroxylation sites is 1. The summed E-state index contributed by atoms with van der Waals surface area (Å²) < 4.78 is 10.7. The van der Waals surface area contributed by atoms with Gasteiger partial charge in [0, 0.05) is 12.6 Å². The Morgan fingerprint density at radius 1 is 1.17 bits per heavy atom. The van der Waals surface area contributed by atoms with E-state index in [9.17, 15) is 9.59 Å². The summed E-state index contributed by atoms with van der Waals surface area (Å²) in [5.74, 6) is 0.337. The van der Waals surface area contributed by atoms with Crippen molar-refractivity contribution in [3.8, 4) is 5.75 Å². The summed E-state index contributed by atoms with van der Waals surface area (Å²) in [6, 6.07) is 13.9. The number of carbonyl (C=O) groups excluding carboxylic acids is 1. The molecule has 1 amide bonds. The van der Waals surface area contributed by atoms with Crippen LogP contribution in [0.3, 0.4) is 0 Å². The molecule has 0 bridgehead atoms. The number of amides is 1. The summed E-state index contributed by atoms with van der Waals surface area (Å²) in [6.45, 7) is 2.17. The molecule has 24 heavy (non-hydrogen) atoms. The maximum atomic E-state index is 12.3. The van der Waals surface area contributed by atoms with Gasteiger partial charge in [-0.1, -0.05) is 24.3 Å². The molecule has 0 fully saturated rings. The van der Waals surface area contributed by atoms with Crippen molar-refractivity contribution in [2.75, 3.05) is 7.11 Å². The van der Waals surface area contributed by atoms with Crippen molar-refractivity contribution in [3.05, 3.63) is 75.6 Å². The summed E-state index contributed by atoms with van der Waals surface area (Å²) in [5.41, 5.74) is 1.95. The van der Waals surface area contributed by atoms with Crippen LogP contribution in [-0.4, -0.2) is 13.0 Å². The van der Waals surface area contributed by atoms with Gasteiger partial charge in [0.2, 0.25) is 0 Å². The highest BCUT2D eigenvalue weighted by atomic mass is 16.5. The van der Waals surface area contributed by atoms with Crippen molar-refractivity contribution in [2.24, 2.45) is 0 Å². The van der Waals surface area contributed by atoms with Crippen molar-refractivity contribution in [3.63, 3.8) is 0 Å². The van der Waals surface area contributed by atoms with E-state index in [4.69, 9.17) is 9.15 Å². The summed E-state index contributed by atoms with van der Waals surface area (Å²) in [6.07, 6.45) is 0. The molecule has 0 aliphatic rings. The van der Waals surface area contributed by atoms with E-state index in [0.717, 1.165) is 16.9 Å². The zero-order valence-electron chi connectivity index (χ0n) is 13.5. The number of aryl methyl sites for hydroxylation is 1. The van der Waals surface area contributed by atoms with Gasteiger partial charge in [0.05, 0.1) is 12.5 Å². The molecular weight excluding hydrogens is 306 g/mol. The Balaban J connectivity index is 1.80. The normalized spacial score (nSPS) is 10.6. The summed E-state index contributed by atoms with van der Waals surface area (Å²) in [4.78, 5) is 24.4. The standard InChI is InChI=1S/C19H17NO4/c1-12-4-3-5-15-16(21)10-17(24-18(12)15)19(22)20-11-13-6-8-14(23-2)9-7-13/h3-10H,11H2,1-2H3,(H,20,22). The summed E-state index contributed by atoms with van der Waals surface area (Å²) in [7, 11) is 1.60. The van der Waals surface area contributed by atoms with Crippen LogP contribution in [0, 0.1) is 6.92 Å². The van der Waals surface area contributed by atoms with Crippen LogP contribution in [0.5, 0.6) is 5.75 Å². The number of hydrogen-bond donors (Lipinski definition) is 1. The lowest BCUT2D eigenvalue weighted by molar-refractivity contribution is 0.0923. The minimum Gasteiger partial charge on any atom is -0.497 e. The molecule has 0 saturated carbocycles. The highest BCUT2D eigenvalue weighted by Crippen LogP contribution is 2.17. The highest BCUT2D eigenvalue weighted by Gasteiger charge is 2.13. The van der Waals surface area contributed by atoms with Gasteiger partial charge in [-0.05, 0) is 36.2 Å². The molecule has 0 aliphatic carbocycles. The molecule has 5 nitrogen and oxygen atoms in total. The van der Waals surface area contributed by atoms with Crippen LogP contribution in [0.25, 0.3) is 11.0 Å². The fourth-order valence-electron chi connectivity index (χ4n) is 2.44. The van der Waals surface area contributed by atoms with E-state index in [-0.39, 0.29) is 11.2 Å². The average Bonchev–Trinajstić information content (AvgIpc) is 2.61. The molecule has 0 unspecified atom stereocenters. The minimum atomic E-state index is -0.423. The van der Waals surface area contributed by atoms with Gasteiger partial charge >= 0.3 is 0 Å². The van der Waals surface area contributed by atoms with Crippen LogP contribution in [0.2, 0.25) is 0 Å². The quantitative estimate of drug-likeness (QED) is 0.801. The summed E-state index contributed by atoms with van der Waals surface area (Å²) >= 11 is 0. The van der Waals surface area contributed by atoms with E-state index in [1.807, 2.05) is 37.3 Å². The first-order chi connectivity index (χ1) is 11.6. The lowest BCUT2D eigenvalue weighted by Crippen LogP contribution is -2.24. The van der Waals surface area contributed by atoms with Crippen molar-refractivity contribution in [2.45, 2.75) is 13.5 Å². The molecule has 0 aliphatic heterocycles. The van der Waals surface area contributed by atoms with Gasteiger partial charge in [0.1, 0.15) is 11.3 Å². The number of fused-ring (bicyclic) bond motifs is 1. The Morgan fingerprint density at radius 3 is 2.62 bits per heavy atom. The molecule has 0 atom stereocenters. The van der Waals surface area contributed by atoms with E-state index < -0.39 is 5.91 Å². The van der Waals surface area contributed by atoms with Crippen LogP contribution >= 0.6 is 0 Å². The topological polar surface area (TPSA) is 68.5 Å². The third-order valence-electron chi connectivity index (χ3n) is 3.79. The Hall–Kier alpha value is -3.08. The second-order valence-corrected chi connectivity index (χ2v) is 5.46. The molecule has 5 heteroatoms. The van der Waals surface area contributed by atoms with Crippen LogP contribution in [0.4, 0.5) is 0 Å². The largest absolute Gasteiger partial charge is 0.497 e. The second-order valence-electron chi connectivity index (χ2n) is 5.46. The molecule has 1 heterocycles. The smallest absolute Gasteiger partial charge is 0.287 e. The molecule has 122 valence electrons. The third kappa shape index (κ3) is 3.15. The van der Waals surface area contributed by atoms with E-state index in [1.165, 1.54) is 6.07 Å². The third-order valence-corrected chi connectivity index (χ3v) is 3.79. The molecule has 1 aromatic heterocycles. The molecule has 1 N–H and O–H groups in total. The molecule has 2 aromatic carbocycles. The van der Waals surface area contributed by atoms with Gasteiger partial charge in [0.15, 0.2) is 11.2 Å². The first-order valence-corrected chi connectivity index (χ1v) is 7.53. The molecule has 0 spiro atoms. The van der Waals surface area contributed by atoms with E-state index in [2.05, 4.69) is 5.32 Å². The van der Waals surface area contributed by atoms with Crippen molar-refractivity contribution < 1.29 is 13.9 Å². The maximum absolute atomic E-state index is 12.3. The van der Waals surface area contributed by atoms with Crippen LogP contribution < -0.4 is 15.5 Å². The van der Waals surface area contributed by atoms with Gasteiger partial charge in [-0.15, -0.1) is 0 Å². The first-order valence-electron chi connectivity index (χ1n) is 7.53. The summed E-state index contributed by atoms with van der Waals surface area (Å²) in [5, 5.41) is 3.23. The van der Waals surface area contributed by atoms with Crippen LogP contribution in [0.1, 0.15) is 21.7 Å². The molecule has 0 radical (unpaired) electrons. The Morgan fingerprint density at radius 2 is 1.92 bits per heavy atom. The fraction of sp³-hybridized carbons (Fsp3) is 0.158. The Kier molecular flexibility index (Phi) is 4.33. The van der Waals surface area contributed by atoms with Gasteiger partial charge < -0.3 is 14.5 Å². The minimum absolute atomic E-state index is 0.00955. The monoisotopic (exact) mass is 323 g/mol. The van der Waals surface area contributed by atoms with Gasteiger partial charge in [0.25, 0.3) is 5.91 Å². The van der Waals surface area contributed by atoms with E-state index in [0.29, 0.717) is 17.5 Å². The zero-order valence-corrected chi connectivity index (χ0v) is 13.5. The Bertz CT molecular complexity index is 942. The number of nitrogens with one attached hydrogen (secondary N) is 1. The lowest BCUT2D eigenvalue weighted by atomic mass is 10.1. The number of carbonyl (C=O) groups is 1. The SMILES string of the molecule is COc1ccc(CNC(=O)c2cc(=O)c3cccc(C)c3o2)cc1. The number of methoxy groups -OCH3 is 1. The number of rotatable bonds is 4. The zero-order chi connectivity index (χ0) is 17.1. The van der Waals surface area contributed by atoms with E-state index >= 15 is 0 Å². The van der Waals surface area contributed by atoms with Gasteiger partial charge in [-0.25, -0.2) is 0 Å². The van der Waals surface area contributed by atoms with E-state index in [1.54, 1.807) is 19.2 Å². The average molecular weight is 323 g/mol. The fourth-order valence-corrected chi connectivity index (χ4v) is 2.44. The second kappa shape index (κ2) is 6.58. The van der Waals surface area contributed by atoms with Gasteiger partial charge in [-0.3, -0.25) is 9.59 Å². The Labute approximate surface area is 138 Å². The predicted octanol–water partition coefficient (Wildman–Crippen LogP) is 3.04. The predicted molar refractivity (Wildman–Crippen MR) is 91.4 cm³/mol. The van der Waals surface area contributed by atoms with Crippen molar-refractivity contribution in [1.29, 1.82) is 0 Å². The van der Waals surface area contributed by atoms with Crippen molar-refractivity contribution >= 4 is 16.9 Å². The molecular formula is C19H17NO4. The molecule has 3 rings (SSSR count). The molecule has 0 saturated heterocycles. The number of ether oxygens (including phenoxy) is 1. The maximum Gasteiger partial charge on any atom is 0.287 e. The number of benzene rings is 2. The highest BCUT2D eigenvalue weighted by molar-refractivity contribution is 5.93. The van der Waals surface area contributed by atoms with Crippen LogP contribution in [0.15, 0.2) is 57.7 Å². The van der Waals surface area contributed by atoms with Crippen LogP contribution in [-0.2, 0) is 6.54 Å². The van der Waals surface area contributed by atoms with Crippen molar-refractivity contribution in [1.82, 2.24) is 5.32 Å². The number of hydrogen-bond acceptors (Lipinski definition) is 4.